The Kier molecular flexibility index (Phi) is 8.95. The molecule has 218 valence electrons. The highest BCUT2D eigenvalue weighted by atomic mass is 32.2. The van der Waals surface area contributed by atoms with Gasteiger partial charge in [-0.3, -0.25) is 9.69 Å². The van der Waals surface area contributed by atoms with Crippen LogP contribution >= 0.6 is 23.5 Å². The van der Waals surface area contributed by atoms with Gasteiger partial charge in [0.05, 0.1) is 45.2 Å². The second-order valence-corrected chi connectivity index (χ2v) is 13.2. The maximum absolute atomic E-state index is 12.4. The molecule has 1 N–H and O–H groups in total. The zero-order chi connectivity index (χ0) is 28.3. The van der Waals surface area contributed by atoms with Crippen LogP contribution in [-0.2, 0) is 14.2 Å². The molecule has 2 fully saturated rings. The van der Waals surface area contributed by atoms with E-state index in [4.69, 9.17) is 14.2 Å². The summed E-state index contributed by atoms with van der Waals surface area (Å²) in [6.07, 6.45) is 2.21. The van der Waals surface area contributed by atoms with Crippen LogP contribution in [0.5, 0.6) is 0 Å². The van der Waals surface area contributed by atoms with E-state index in [1.807, 2.05) is 12.3 Å². The predicted molar refractivity (Wildman–Crippen MR) is 164 cm³/mol. The second-order valence-electron chi connectivity index (χ2n) is 11.0. The molecule has 3 aliphatic rings. The van der Waals surface area contributed by atoms with Crippen LogP contribution in [0.15, 0.2) is 85.2 Å². The largest absolute Gasteiger partial charge is 0.380 e. The van der Waals surface area contributed by atoms with Crippen molar-refractivity contribution in [2.24, 2.45) is 0 Å². The lowest BCUT2D eigenvalue weighted by Gasteiger charge is -2.36. The average molecular weight is 595 g/mol. The summed E-state index contributed by atoms with van der Waals surface area (Å²) in [4.78, 5) is 19.7. The van der Waals surface area contributed by atoms with Crippen LogP contribution in [0.3, 0.4) is 0 Å². The van der Waals surface area contributed by atoms with Crippen LogP contribution in [-0.4, -0.2) is 73.9 Å². The van der Waals surface area contributed by atoms with Crippen molar-refractivity contribution in [2.45, 2.75) is 64.7 Å². The molecule has 6 rings (SSSR count). The number of benzene rings is 2. The highest BCUT2D eigenvalue weighted by molar-refractivity contribution is 8.05. The van der Waals surface area contributed by atoms with Crippen LogP contribution in [0, 0.1) is 0 Å². The molecule has 0 spiro atoms. The van der Waals surface area contributed by atoms with Crippen molar-refractivity contribution in [3.05, 3.63) is 76.7 Å². The molecule has 8 nitrogen and oxygen atoms in total. The van der Waals surface area contributed by atoms with Gasteiger partial charge < -0.3 is 24.5 Å². The SMILES string of the molecule is CC(COCN1C[C@@H](C)O[C@@H](C)C1)Nc1ccc2c(c1)Sc1cccc(C3CN(n4ccccc4=O)CCO3)c1S2. The van der Waals surface area contributed by atoms with Crippen LogP contribution in [0.1, 0.15) is 32.4 Å². The van der Waals surface area contributed by atoms with Crippen molar-refractivity contribution >= 4 is 29.2 Å². The Balaban J connectivity index is 1.08. The number of rotatable bonds is 8. The number of hydrogen-bond donors (Lipinski definition) is 1. The number of hydrogen-bond acceptors (Lipinski definition) is 9. The highest BCUT2D eigenvalue weighted by Crippen LogP contribution is 2.51. The fraction of sp³-hybridized carbons (Fsp3) is 0.452. The molecule has 41 heavy (non-hydrogen) atoms. The number of nitrogens with zero attached hydrogens (tertiary/aromatic N) is 3. The fourth-order valence-electron chi connectivity index (χ4n) is 5.71. The number of ether oxygens (including phenoxy) is 3. The molecule has 4 heterocycles. The molecule has 10 heteroatoms. The minimum atomic E-state index is -0.105. The third-order valence-corrected chi connectivity index (χ3v) is 10.0. The molecule has 0 amide bonds. The number of pyridine rings is 1. The molecule has 0 bridgehead atoms. The minimum Gasteiger partial charge on any atom is -0.380 e. The monoisotopic (exact) mass is 594 g/mol. The van der Waals surface area contributed by atoms with Gasteiger partial charge in [0.1, 0.15) is 6.10 Å². The Morgan fingerprint density at radius 2 is 1.85 bits per heavy atom. The summed E-state index contributed by atoms with van der Waals surface area (Å²) in [6.45, 7) is 11.4. The Bertz CT molecular complexity index is 1410. The minimum absolute atomic E-state index is 0.0197. The van der Waals surface area contributed by atoms with Crippen molar-refractivity contribution in [1.82, 2.24) is 9.58 Å². The Morgan fingerprint density at radius 3 is 2.68 bits per heavy atom. The lowest BCUT2D eigenvalue weighted by atomic mass is 10.1. The van der Waals surface area contributed by atoms with Crippen LogP contribution in [0.4, 0.5) is 5.69 Å². The molecule has 3 aromatic rings. The number of anilines is 1. The molecule has 2 saturated heterocycles. The van der Waals surface area contributed by atoms with Gasteiger partial charge in [0.25, 0.3) is 5.56 Å². The van der Waals surface area contributed by atoms with Crippen LogP contribution < -0.4 is 15.9 Å². The first-order valence-corrected chi connectivity index (χ1v) is 16.0. The first-order valence-electron chi connectivity index (χ1n) is 14.3. The lowest BCUT2D eigenvalue weighted by molar-refractivity contribution is -0.100. The maximum atomic E-state index is 12.4. The third-order valence-electron chi connectivity index (χ3n) is 7.43. The van der Waals surface area contributed by atoms with Gasteiger partial charge in [-0.05, 0) is 56.7 Å². The smallest absolute Gasteiger partial charge is 0.268 e. The zero-order valence-corrected chi connectivity index (χ0v) is 25.5. The van der Waals surface area contributed by atoms with E-state index in [-0.39, 0.29) is 29.9 Å². The molecule has 0 radical (unpaired) electrons. The van der Waals surface area contributed by atoms with Crippen LogP contribution in [0.2, 0.25) is 0 Å². The third kappa shape index (κ3) is 6.79. The van der Waals surface area contributed by atoms with E-state index in [1.54, 1.807) is 40.3 Å². The van der Waals surface area contributed by atoms with Gasteiger partial charge in [-0.1, -0.05) is 41.7 Å². The lowest BCUT2D eigenvalue weighted by Crippen LogP contribution is -2.49. The molecule has 0 saturated carbocycles. The fourth-order valence-corrected chi connectivity index (χ4v) is 8.16. The average Bonchev–Trinajstić information content (AvgIpc) is 2.95. The van der Waals surface area contributed by atoms with E-state index in [2.05, 4.69) is 72.4 Å². The molecule has 2 unspecified atom stereocenters. The maximum Gasteiger partial charge on any atom is 0.268 e. The quantitative estimate of drug-likeness (QED) is 0.302. The van der Waals surface area contributed by atoms with E-state index < -0.39 is 0 Å². The van der Waals surface area contributed by atoms with Gasteiger partial charge in [-0.25, -0.2) is 4.68 Å². The summed E-state index contributed by atoms with van der Waals surface area (Å²) in [5, 5.41) is 5.69. The van der Waals surface area contributed by atoms with E-state index >= 15 is 0 Å². The summed E-state index contributed by atoms with van der Waals surface area (Å²) >= 11 is 3.61. The van der Waals surface area contributed by atoms with Gasteiger partial charge >= 0.3 is 0 Å². The Labute approximate surface area is 250 Å². The molecule has 2 aromatic carbocycles. The molecule has 4 atom stereocenters. The van der Waals surface area contributed by atoms with Crippen molar-refractivity contribution in [1.29, 1.82) is 0 Å². The van der Waals surface area contributed by atoms with Gasteiger partial charge in [-0.15, -0.1) is 0 Å². The van der Waals surface area contributed by atoms with Gasteiger partial charge in [0.2, 0.25) is 0 Å². The number of aromatic nitrogens is 1. The summed E-state index contributed by atoms with van der Waals surface area (Å²) in [7, 11) is 0. The van der Waals surface area contributed by atoms with Crippen molar-refractivity contribution in [2.75, 3.05) is 56.4 Å². The number of morpholine rings is 2. The Morgan fingerprint density at radius 1 is 1.00 bits per heavy atom. The van der Waals surface area contributed by atoms with Gasteiger partial charge in [0, 0.05) is 56.7 Å². The first-order chi connectivity index (χ1) is 19.9. The van der Waals surface area contributed by atoms with Crippen molar-refractivity contribution in [3.63, 3.8) is 0 Å². The summed E-state index contributed by atoms with van der Waals surface area (Å²) < 4.78 is 19.8. The van der Waals surface area contributed by atoms with Crippen molar-refractivity contribution in [3.8, 4) is 0 Å². The number of nitrogens with one attached hydrogen (secondary N) is 1. The van der Waals surface area contributed by atoms with E-state index in [0.717, 1.165) is 18.8 Å². The van der Waals surface area contributed by atoms with E-state index in [1.165, 1.54) is 25.1 Å². The van der Waals surface area contributed by atoms with E-state index in [9.17, 15) is 4.79 Å². The zero-order valence-electron chi connectivity index (χ0n) is 23.8. The Hall–Kier alpha value is -2.47. The summed E-state index contributed by atoms with van der Waals surface area (Å²) in [5.74, 6) is 0. The second kappa shape index (κ2) is 12.8. The van der Waals surface area contributed by atoms with Crippen LogP contribution in [0.25, 0.3) is 0 Å². The molecule has 1 aromatic heterocycles. The van der Waals surface area contributed by atoms with E-state index in [0.29, 0.717) is 33.0 Å². The standard InChI is InChI=1S/C31H38N4O4S2/c1-21(19-37-20-33-16-22(2)39-23(3)17-33)32-24-10-11-27-29(15-24)40-28-8-6-7-25(31(28)41-27)26-18-34(13-14-38-26)35-12-5-4-9-30(35)36/h4-12,15,21-23,26,32H,13-14,16-20H2,1-3H3/t21?,22-,23+,26?. The number of fused-ring (bicyclic) bond motifs is 2. The first kappa shape index (κ1) is 28.6. The molecule has 3 aliphatic heterocycles. The van der Waals surface area contributed by atoms with Crippen molar-refractivity contribution < 1.29 is 14.2 Å². The van der Waals surface area contributed by atoms with Gasteiger partial charge in [0.15, 0.2) is 0 Å². The molecule has 0 aliphatic carbocycles. The molecular weight excluding hydrogens is 556 g/mol. The summed E-state index contributed by atoms with van der Waals surface area (Å²) in [5.41, 5.74) is 2.26. The van der Waals surface area contributed by atoms with Gasteiger partial charge in [-0.2, -0.15) is 0 Å². The summed E-state index contributed by atoms with van der Waals surface area (Å²) in [6, 6.07) is 18.5. The predicted octanol–water partition coefficient (Wildman–Crippen LogP) is 5.06. The normalized spacial score (nSPS) is 23.5. The topological polar surface area (TPSA) is 68.2 Å². The highest BCUT2D eigenvalue weighted by Gasteiger charge is 2.29. The molecular formula is C31H38N4O4S2.